The molecule has 1 aromatic rings. The zero-order chi connectivity index (χ0) is 13.7. The van der Waals surface area contributed by atoms with Crippen molar-refractivity contribution in [2.24, 2.45) is 0 Å². The molecule has 0 aliphatic carbocycles. The lowest BCUT2D eigenvalue weighted by Gasteiger charge is -2.35. The topological polar surface area (TPSA) is 28.2 Å². The molecular weight excluding hydrogens is 254 g/mol. The van der Waals surface area contributed by atoms with Crippen molar-refractivity contribution in [2.75, 3.05) is 20.1 Å². The van der Waals surface area contributed by atoms with E-state index in [1.54, 1.807) is 0 Å². The minimum absolute atomic E-state index is 0.556. The molecule has 1 saturated heterocycles. The Labute approximate surface area is 121 Å². The Balaban J connectivity index is 1.94. The molecule has 1 aliphatic heterocycles. The number of nitrogens with zero attached hydrogens (tertiary/aromatic N) is 2. The van der Waals surface area contributed by atoms with E-state index in [9.17, 15) is 0 Å². The fourth-order valence-electron chi connectivity index (χ4n) is 2.77. The van der Waals surface area contributed by atoms with E-state index >= 15 is 0 Å². The van der Waals surface area contributed by atoms with Crippen molar-refractivity contribution in [1.82, 2.24) is 15.2 Å². The molecule has 1 aliphatic rings. The summed E-state index contributed by atoms with van der Waals surface area (Å²) in [6.07, 6.45) is 5.34. The molecule has 3 nitrogen and oxygen atoms in total. The second-order valence-electron chi connectivity index (χ2n) is 5.84. The van der Waals surface area contributed by atoms with Crippen LogP contribution >= 0.6 is 11.3 Å². The highest BCUT2D eigenvalue weighted by Crippen LogP contribution is 2.24. The summed E-state index contributed by atoms with van der Waals surface area (Å²) in [5.74, 6) is 0.556. The summed E-state index contributed by atoms with van der Waals surface area (Å²) in [5.41, 5.74) is 1.27. The van der Waals surface area contributed by atoms with Crippen molar-refractivity contribution >= 4 is 11.3 Å². The lowest BCUT2D eigenvalue weighted by Crippen LogP contribution is -2.40. The van der Waals surface area contributed by atoms with Crippen LogP contribution < -0.4 is 5.32 Å². The van der Waals surface area contributed by atoms with Crippen molar-refractivity contribution in [3.63, 3.8) is 0 Å². The average Bonchev–Trinajstić information content (AvgIpc) is 2.86. The molecule has 108 valence electrons. The zero-order valence-electron chi connectivity index (χ0n) is 12.5. The number of hydrogen-bond donors (Lipinski definition) is 1. The average molecular weight is 281 g/mol. The summed E-state index contributed by atoms with van der Waals surface area (Å²) < 4.78 is 0. The molecule has 1 unspecified atom stereocenters. The number of thiazole rings is 1. The van der Waals surface area contributed by atoms with E-state index in [1.807, 2.05) is 18.4 Å². The quantitative estimate of drug-likeness (QED) is 0.867. The van der Waals surface area contributed by atoms with E-state index < -0.39 is 0 Å². The SMILES string of the molecule is CNCCC1CCCCN1Cc1csc(C(C)C)n1. The third-order valence-corrected chi connectivity index (χ3v) is 5.10. The van der Waals surface area contributed by atoms with Crippen LogP contribution in [0.1, 0.15) is 56.2 Å². The summed E-state index contributed by atoms with van der Waals surface area (Å²) in [7, 11) is 2.04. The number of hydrogen-bond acceptors (Lipinski definition) is 4. The van der Waals surface area contributed by atoms with Gasteiger partial charge >= 0.3 is 0 Å². The van der Waals surface area contributed by atoms with Gasteiger partial charge in [0, 0.05) is 23.9 Å². The monoisotopic (exact) mass is 281 g/mol. The Kier molecular flexibility index (Phi) is 5.79. The van der Waals surface area contributed by atoms with Gasteiger partial charge in [-0.25, -0.2) is 4.98 Å². The highest BCUT2D eigenvalue weighted by Gasteiger charge is 2.22. The van der Waals surface area contributed by atoms with E-state index in [1.165, 1.54) is 42.9 Å². The van der Waals surface area contributed by atoms with Crippen molar-refractivity contribution < 1.29 is 0 Å². The van der Waals surface area contributed by atoms with Crippen LogP contribution in [-0.4, -0.2) is 36.1 Å². The Morgan fingerprint density at radius 1 is 1.47 bits per heavy atom. The van der Waals surface area contributed by atoms with Gasteiger partial charge in [-0.15, -0.1) is 11.3 Å². The van der Waals surface area contributed by atoms with Gasteiger partial charge < -0.3 is 5.32 Å². The molecule has 0 spiro atoms. The molecule has 2 heterocycles. The molecular formula is C15H27N3S. The van der Waals surface area contributed by atoms with Gasteiger partial charge in [-0.1, -0.05) is 20.3 Å². The zero-order valence-corrected chi connectivity index (χ0v) is 13.3. The van der Waals surface area contributed by atoms with Crippen LogP contribution in [0, 0.1) is 0 Å². The standard InChI is InChI=1S/C15H27N3S/c1-12(2)15-17-13(11-19-15)10-18-9-5-4-6-14(18)7-8-16-3/h11-12,14,16H,4-10H2,1-3H3. The molecule has 2 rings (SSSR count). The Bertz CT molecular complexity index is 375. The molecule has 0 bridgehead atoms. The maximum Gasteiger partial charge on any atom is 0.0954 e. The van der Waals surface area contributed by atoms with Gasteiger partial charge in [0.1, 0.15) is 0 Å². The van der Waals surface area contributed by atoms with Crippen molar-refractivity contribution in [3.05, 3.63) is 16.1 Å². The maximum absolute atomic E-state index is 4.78. The molecule has 19 heavy (non-hydrogen) atoms. The molecule has 1 fully saturated rings. The van der Waals surface area contributed by atoms with Crippen LogP contribution in [-0.2, 0) is 6.54 Å². The van der Waals surface area contributed by atoms with Crippen LogP contribution in [0.15, 0.2) is 5.38 Å². The molecule has 4 heteroatoms. The smallest absolute Gasteiger partial charge is 0.0954 e. The number of likely N-dealkylation sites (tertiary alicyclic amines) is 1. The molecule has 1 atom stereocenters. The summed E-state index contributed by atoms with van der Waals surface area (Å²) in [4.78, 5) is 7.42. The summed E-state index contributed by atoms with van der Waals surface area (Å²) in [5, 5.41) is 6.80. The summed E-state index contributed by atoms with van der Waals surface area (Å²) in [6.45, 7) is 7.84. The number of nitrogens with one attached hydrogen (secondary N) is 1. The molecule has 0 radical (unpaired) electrons. The molecule has 0 aromatic carbocycles. The largest absolute Gasteiger partial charge is 0.320 e. The van der Waals surface area contributed by atoms with Crippen LogP contribution in [0.5, 0.6) is 0 Å². The second kappa shape index (κ2) is 7.36. The van der Waals surface area contributed by atoms with E-state index in [0.717, 1.165) is 19.1 Å². The fourth-order valence-corrected chi connectivity index (χ4v) is 3.60. The molecule has 1 aromatic heterocycles. The van der Waals surface area contributed by atoms with Crippen molar-refractivity contribution in [1.29, 1.82) is 0 Å². The summed E-state index contributed by atoms with van der Waals surface area (Å²) in [6, 6.07) is 0.741. The number of aromatic nitrogens is 1. The van der Waals surface area contributed by atoms with Gasteiger partial charge in [0.2, 0.25) is 0 Å². The van der Waals surface area contributed by atoms with Crippen molar-refractivity contribution in [3.8, 4) is 0 Å². The Morgan fingerprint density at radius 3 is 3.00 bits per heavy atom. The van der Waals surface area contributed by atoms with E-state index in [0.29, 0.717) is 5.92 Å². The third-order valence-electron chi connectivity index (χ3n) is 3.91. The van der Waals surface area contributed by atoms with Gasteiger partial charge in [0.15, 0.2) is 0 Å². The Hall–Kier alpha value is -0.450. The van der Waals surface area contributed by atoms with Gasteiger partial charge in [0.25, 0.3) is 0 Å². The van der Waals surface area contributed by atoms with Gasteiger partial charge in [-0.2, -0.15) is 0 Å². The first-order valence-electron chi connectivity index (χ1n) is 7.53. The minimum atomic E-state index is 0.556. The molecule has 0 saturated carbocycles. The lowest BCUT2D eigenvalue weighted by atomic mass is 9.99. The predicted octanol–water partition coefficient (Wildman–Crippen LogP) is 3.23. The first-order valence-corrected chi connectivity index (χ1v) is 8.41. The normalized spacial score (nSPS) is 21.2. The fraction of sp³-hybridized carbons (Fsp3) is 0.800. The van der Waals surface area contributed by atoms with Crippen molar-refractivity contribution in [2.45, 2.75) is 58.0 Å². The van der Waals surface area contributed by atoms with Crippen LogP contribution in [0.4, 0.5) is 0 Å². The third kappa shape index (κ3) is 4.26. The highest BCUT2D eigenvalue weighted by atomic mass is 32.1. The molecule has 1 N–H and O–H groups in total. The van der Waals surface area contributed by atoms with Crippen LogP contribution in [0.3, 0.4) is 0 Å². The number of piperidine rings is 1. The van der Waals surface area contributed by atoms with Crippen LogP contribution in [0.2, 0.25) is 0 Å². The van der Waals surface area contributed by atoms with Gasteiger partial charge in [0.05, 0.1) is 10.7 Å². The Morgan fingerprint density at radius 2 is 2.32 bits per heavy atom. The highest BCUT2D eigenvalue weighted by molar-refractivity contribution is 7.09. The maximum atomic E-state index is 4.78. The van der Waals surface area contributed by atoms with E-state index in [4.69, 9.17) is 4.98 Å². The molecule has 0 amide bonds. The van der Waals surface area contributed by atoms with Gasteiger partial charge in [-0.05, 0) is 39.4 Å². The van der Waals surface area contributed by atoms with E-state index in [2.05, 4.69) is 29.4 Å². The minimum Gasteiger partial charge on any atom is -0.320 e. The van der Waals surface area contributed by atoms with E-state index in [-0.39, 0.29) is 0 Å². The number of rotatable bonds is 6. The van der Waals surface area contributed by atoms with Crippen LogP contribution in [0.25, 0.3) is 0 Å². The lowest BCUT2D eigenvalue weighted by molar-refractivity contribution is 0.131. The first-order chi connectivity index (χ1) is 9.20. The summed E-state index contributed by atoms with van der Waals surface area (Å²) >= 11 is 1.82. The van der Waals surface area contributed by atoms with Gasteiger partial charge in [-0.3, -0.25) is 4.90 Å². The predicted molar refractivity (Wildman–Crippen MR) is 82.8 cm³/mol. The first kappa shape index (κ1) is 14.9. The second-order valence-corrected chi connectivity index (χ2v) is 6.73.